The Labute approximate surface area is 221 Å². The van der Waals surface area contributed by atoms with E-state index in [4.69, 9.17) is 9.15 Å². The van der Waals surface area contributed by atoms with Crippen LogP contribution in [0.15, 0.2) is 45.6 Å². The summed E-state index contributed by atoms with van der Waals surface area (Å²) in [6.45, 7) is 8.66. The second-order valence-electron chi connectivity index (χ2n) is 10.8. The number of nitrogens with zero attached hydrogens (tertiary/aromatic N) is 1. The molecule has 0 saturated carbocycles. The van der Waals surface area contributed by atoms with Crippen molar-refractivity contribution in [1.29, 1.82) is 0 Å². The van der Waals surface area contributed by atoms with E-state index in [1.165, 1.54) is 12.1 Å². The van der Waals surface area contributed by atoms with Gasteiger partial charge in [-0.1, -0.05) is 24.3 Å². The maximum atomic E-state index is 13.1. The molecule has 1 aromatic heterocycles. The lowest BCUT2D eigenvalue weighted by Crippen LogP contribution is -2.39. The molecule has 1 fully saturated rings. The molecule has 0 aliphatic carbocycles. The van der Waals surface area contributed by atoms with Gasteiger partial charge in [0.2, 0.25) is 5.91 Å². The molecule has 1 saturated heterocycles. The highest BCUT2D eigenvalue weighted by atomic mass is 16.6. The Balaban J connectivity index is 1.37. The molecule has 0 atom stereocenters. The van der Waals surface area contributed by atoms with Crippen LogP contribution >= 0.6 is 0 Å². The van der Waals surface area contributed by atoms with Gasteiger partial charge >= 0.3 is 11.7 Å². The Hall–Kier alpha value is -4.01. The highest BCUT2D eigenvalue weighted by molar-refractivity contribution is 5.86. The first kappa shape index (κ1) is 27.0. The molecule has 2 amide bonds. The van der Waals surface area contributed by atoms with Crippen molar-refractivity contribution in [2.45, 2.75) is 65.0 Å². The minimum Gasteiger partial charge on any atom is -0.504 e. The Morgan fingerprint density at radius 2 is 1.79 bits per heavy atom. The number of carbonyl (C=O) groups is 2. The molecule has 0 bridgehead atoms. The number of amides is 2. The number of phenols is 2. The fraction of sp³-hybridized carbons (Fsp3) is 0.414. The summed E-state index contributed by atoms with van der Waals surface area (Å²) in [7, 11) is 0. The average Bonchev–Trinajstić information content (AvgIpc) is 2.86. The number of likely N-dealkylation sites (tertiary alicyclic amines) is 1. The summed E-state index contributed by atoms with van der Waals surface area (Å²) in [6.07, 6.45) is 1.02. The van der Waals surface area contributed by atoms with Crippen LogP contribution in [0.3, 0.4) is 0 Å². The number of fused-ring (bicyclic) bond motifs is 1. The van der Waals surface area contributed by atoms with Gasteiger partial charge in [0.15, 0.2) is 11.5 Å². The number of benzene rings is 2. The highest BCUT2D eigenvalue weighted by Crippen LogP contribution is 2.32. The fourth-order valence-electron chi connectivity index (χ4n) is 4.79. The summed E-state index contributed by atoms with van der Waals surface area (Å²) < 4.78 is 10.6. The van der Waals surface area contributed by atoms with E-state index in [1.54, 1.807) is 11.8 Å². The number of carbonyl (C=O) groups excluding carboxylic acids is 2. The van der Waals surface area contributed by atoms with Gasteiger partial charge in [0.25, 0.3) is 0 Å². The first-order valence-electron chi connectivity index (χ1n) is 12.7. The van der Waals surface area contributed by atoms with E-state index >= 15 is 0 Å². The van der Waals surface area contributed by atoms with Gasteiger partial charge in [-0.25, -0.2) is 9.59 Å². The Morgan fingerprint density at radius 3 is 2.47 bits per heavy atom. The van der Waals surface area contributed by atoms with Crippen LogP contribution < -0.4 is 10.9 Å². The lowest BCUT2D eigenvalue weighted by atomic mass is 9.88. The minimum absolute atomic E-state index is 0.0950. The summed E-state index contributed by atoms with van der Waals surface area (Å²) in [5.41, 5.74) is 1.91. The van der Waals surface area contributed by atoms with Gasteiger partial charge < -0.3 is 29.6 Å². The number of rotatable bonds is 5. The molecule has 0 unspecified atom stereocenters. The van der Waals surface area contributed by atoms with Gasteiger partial charge in [0.1, 0.15) is 11.2 Å². The molecule has 0 radical (unpaired) electrons. The summed E-state index contributed by atoms with van der Waals surface area (Å²) in [6, 6.07) is 10.6. The van der Waals surface area contributed by atoms with Gasteiger partial charge in [0.05, 0.1) is 12.0 Å². The molecule has 1 aliphatic rings. The molecule has 0 spiro atoms. The van der Waals surface area contributed by atoms with Crippen LogP contribution in [0.2, 0.25) is 0 Å². The van der Waals surface area contributed by atoms with Gasteiger partial charge in [-0.2, -0.15) is 0 Å². The third kappa shape index (κ3) is 6.27. The SMILES string of the molecule is Cc1c(CC(=O)N2CCC(c3cccc(CNC(=O)OC(C)(C)C)c3)CC2)c(=O)oc2cc(O)c(O)cc12. The molecule has 2 aromatic carbocycles. The van der Waals surface area contributed by atoms with Crippen LogP contribution in [0.1, 0.15) is 61.8 Å². The molecule has 4 rings (SSSR count). The zero-order valence-electron chi connectivity index (χ0n) is 22.2. The Bertz CT molecular complexity index is 1410. The first-order chi connectivity index (χ1) is 17.9. The molecular formula is C29H34N2O7. The maximum Gasteiger partial charge on any atom is 0.407 e. The van der Waals surface area contributed by atoms with Gasteiger partial charge in [-0.05, 0) is 69.2 Å². The Morgan fingerprint density at radius 1 is 1.11 bits per heavy atom. The van der Waals surface area contributed by atoms with Gasteiger partial charge in [0, 0.05) is 31.1 Å². The molecule has 9 heteroatoms. The van der Waals surface area contributed by atoms with E-state index in [1.807, 2.05) is 32.9 Å². The molecule has 3 aromatic rings. The number of aromatic hydroxyl groups is 2. The molecule has 9 nitrogen and oxygen atoms in total. The summed E-state index contributed by atoms with van der Waals surface area (Å²) in [4.78, 5) is 39.4. The smallest absolute Gasteiger partial charge is 0.407 e. The van der Waals surface area contributed by atoms with Crippen LogP contribution in [-0.4, -0.2) is 45.8 Å². The first-order valence-corrected chi connectivity index (χ1v) is 12.7. The van der Waals surface area contributed by atoms with Crippen molar-refractivity contribution in [1.82, 2.24) is 10.2 Å². The zero-order chi connectivity index (χ0) is 27.6. The third-order valence-corrected chi connectivity index (χ3v) is 6.82. The van der Waals surface area contributed by atoms with E-state index in [-0.39, 0.29) is 40.9 Å². The number of aryl methyl sites for hydroxylation is 1. The minimum atomic E-state index is -0.625. The highest BCUT2D eigenvalue weighted by Gasteiger charge is 2.26. The maximum absolute atomic E-state index is 13.1. The number of piperidine rings is 1. The second-order valence-corrected chi connectivity index (χ2v) is 10.8. The van der Waals surface area contributed by atoms with E-state index in [0.29, 0.717) is 30.6 Å². The van der Waals surface area contributed by atoms with Crippen LogP contribution in [0.5, 0.6) is 11.5 Å². The number of hydrogen-bond acceptors (Lipinski definition) is 7. The fourth-order valence-corrected chi connectivity index (χ4v) is 4.79. The topological polar surface area (TPSA) is 129 Å². The Kier molecular flexibility index (Phi) is 7.66. The van der Waals surface area contributed by atoms with Gasteiger partial charge in [-0.3, -0.25) is 4.79 Å². The molecule has 3 N–H and O–H groups in total. The van der Waals surface area contributed by atoms with Crippen LogP contribution in [0.4, 0.5) is 4.79 Å². The second kappa shape index (κ2) is 10.8. The number of hydrogen-bond donors (Lipinski definition) is 3. The molecule has 38 heavy (non-hydrogen) atoms. The summed E-state index contributed by atoms with van der Waals surface area (Å²) >= 11 is 0. The number of phenolic OH excluding ortho intramolecular Hbond substituents is 2. The number of alkyl carbamates (subject to hydrolysis) is 1. The van der Waals surface area contributed by atoms with Crippen molar-refractivity contribution >= 4 is 23.0 Å². The lowest BCUT2D eigenvalue weighted by Gasteiger charge is -2.32. The van der Waals surface area contributed by atoms with Crippen molar-refractivity contribution in [3.8, 4) is 11.5 Å². The van der Waals surface area contributed by atoms with Crippen LogP contribution in [-0.2, 0) is 22.5 Å². The van der Waals surface area contributed by atoms with E-state index in [9.17, 15) is 24.6 Å². The van der Waals surface area contributed by atoms with E-state index < -0.39 is 17.3 Å². The molecule has 1 aliphatic heterocycles. The van der Waals surface area contributed by atoms with Crippen molar-refractivity contribution in [3.63, 3.8) is 0 Å². The molecular weight excluding hydrogens is 488 g/mol. The molecule has 202 valence electrons. The quantitative estimate of drug-likeness (QED) is 0.333. The standard InChI is InChI=1S/C29H34N2O7/c1-17-21-13-23(32)24(33)15-25(21)37-27(35)22(17)14-26(34)31-10-8-19(9-11-31)20-7-5-6-18(12-20)16-30-28(36)38-29(2,3)4/h5-7,12-13,15,19,32-33H,8-11,14,16H2,1-4H3,(H,30,36). The van der Waals surface area contributed by atoms with E-state index in [2.05, 4.69) is 17.4 Å². The largest absolute Gasteiger partial charge is 0.504 e. The monoisotopic (exact) mass is 522 g/mol. The van der Waals surface area contributed by atoms with Crippen molar-refractivity contribution in [2.24, 2.45) is 0 Å². The lowest BCUT2D eigenvalue weighted by molar-refractivity contribution is -0.131. The summed E-state index contributed by atoms with van der Waals surface area (Å²) in [5.74, 6) is -0.574. The number of nitrogens with one attached hydrogen (secondary N) is 1. The van der Waals surface area contributed by atoms with Crippen molar-refractivity contribution in [3.05, 3.63) is 69.1 Å². The zero-order valence-corrected chi connectivity index (χ0v) is 22.2. The summed E-state index contributed by atoms with van der Waals surface area (Å²) in [5, 5.41) is 22.8. The van der Waals surface area contributed by atoms with Crippen LogP contribution in [0.25, 0.3) is 11.0 Å². The number of ether oxygens (including phenoxy) is 1. The predicted molar refractivity (Wildman–Crippen MR) is 142 cm³/mol. The van der Waals surface area contributed by atoms with Gasteiger partial charge in [-0.15, -0.1) is 0 Å². The normalized spacial score (nSPS) is 14.5. The van der Waals surface area contributed by atoms with Crippen molar-refractivity contribution < 1.29 is 29.0 Å². The van der Waals surface area contributed by atoms with Crippen LogP contribution in [0, 0.1) is 6.92 Å². The average molecular weight is 523 g/mol. The predicted octanol–water partition coefficient (Wildman–Crippen LogP) is 4.49. The third-order valence-electron chi connectivity index (χ3n) is 6.82. The van der Waals surface area contributed by atoms with E-state index in [0.717, 1.165) is 24.0 Å². The molecule has 2 heterocycles. The van der Waals surface area contributed by atoms with Crippen molar-refractivity contribution in [2.75, 3.05) is 13.1 Å².